The highest BCUT2D eigenvalue weighted by Crippen LogP contribution is 2.27. The van der Waals surface area contributed by atoms with Gasteiger partial charge in [0, 0.05) is 11.9 Å². The number of hydrogen-bond acceptors (Lipinski definition) is 3. The van der Waals surface area contributed by atoms with Gasteiger partial charge in [-0.1, -0.05) is 19.3 Å². The van der Waals surface area contributed by atoms with E-state index in [0.717, 1.165) is 19.3 Å². The second-order valence-electron chi connectivity index (χ2n) is 4.91. The third kappa shape index (κ3) is 2.91. The number of aromatic amines is 1. The van der Waals surface area contributed by atoms with Gasteiger partial charge >= 0.3 is 5.97 Å². The van der Waals surface area contributed by atoms with Gasteiger partial charge in [-0.25, -0.2) is 13.2 Å². The summed E-state index contributed by atoms with van der Waals surface area (Å²) in [5, 5.41) is 8.67. The number of aromatic nitrogens is 1. The highest BCUT2D eigenvalue weighted by atomic mass is 32.2. The molecule has 0 amide bonds. The molecule has 1 aliphatic rings. The van der Waals surface area contributed by atoms with Crippen molar-refractivity contribution in [2.45, 2.75) is 44.3 Å². The zero-order valence-electron chi connectivity index (χ0n) is 10.8. The van der Waals surface area contributed by atoms with Gasteiger partial charge in [0.15, 0.2) is 0 Å². The minimum Gasteiger partial charge on any atom is -0.478 e. The van der Waals surface area contributed by atoms with Gasteiger partial charge in [0.05, 0.1) is 10.9 Å². The zero-order chi connectivity index (χ0) is 14.0. The van der Waals surface area contributed by atoms with E-state index in [2.05, 4.69) is 9.71 Å². The van der Waals surface area contributed by atoms with Crippen LogP contribution >= 0.6 is 0 Å². The molecule has 1 aromatic rings. The van der Waals surface area contributed by atoms with Crippen molar-refractivity contribution in [2.75, 3.05) is 4.72 Å². The fourth-order valence-electron chi connectivity index (χ4n) is 2.49. The van der Waals surface area contributed by atoms with Crippen LogP contribution in [0.2, 0.25) is 0 Å². The normalized spacial score (nSPS) is 17.3. The topological polar surface area (TPSA) is 99.3 Å². The van der Waals surface area contributed by atoms with Crippen molar-refractivity contribution in [3.8, 4) is 0 Å². The van der Waals surface area contributed by atoms with Crippen LogP contribution in [0.15, 0.2) is 6.20 Å². The predicted molar refractivity (Wildman–Crippen MR) is 71.9 cm³/mol. The molecule has 2 rings (SSSR count). The molecule has 1 aromatic heterocycles. The molecular weight excluding hydrogens is 268 g/mol. The number of anilines is 1. The lowest BCUT2D eigenvalue weighted by Crippen LogP contribution is -2.30. The van der Waals surface area contributed by atoms with Crippen LogP contribution < -0.4 is 4.72 Å². The van der Waals surface area contributed by atoms with E-state index < -0.39 is 21.2 Å². The van der Waals surface area contributed by atoms with Gasteiger partial charge in [-0.3, -0.25) is 4.72 Å². The highest BCUT2D eigenvalue weighted by Gasteiger charge is 2.29. The van der Waals surface area contributed by atoms with Gasteiger partial charge in [-0.2, -0.15) is 0 Å². The van der Waals surface area contributed by atoms with Crippen molar-refractivity contribution in [2.24, 2.45) is 0 Å². The second kappa shape index (κ2) is 5.24. The van der Waals surface area contributed by atoms with Gasteiger partial charge in [0.25, 0.3) is 0 Å². The van der Waals surface area contributed by atoms with Crippen LogP contribution in [0.1, 0.15) is 48.2 Å². The third-order valence-corrected chi connectivity index (χ3v) is 5.39. The summed E-state index contributed by atoms with van der Waals surface area (Å²) in [6, 6.07) is 0. The summed E-state index contributed by atoms with van der Waals surface area (Å²) in [5.41, 5.74) is 0.545. The maximum absolute atomic E-state index is 12.2. The Hall–Kier alpha value is -1.50. The molecule has 0 saturated heterocycles. The first-order valence-corrected chi connectivity index (χ1v) is 7.89. The molecular formula is C12H18N2O4S. The molecule has 0 radical (unpaired) electrons. The van der Waals surface area contributed by atoms with E-state index in [1.54, 1.807) is 6.92 Å². The van der Waals surface area contributed by atoms with E-state index in [1.165, 1.54) is 6.20 Å². The number of aromatic carboxylic acids is 1. The summed E-state index contributed by atoms with van der Waals surface area (Å²) in [4.78, 5) is 13.8. The first-order valence-electron chi connectivity index (χ1n) is 6.34. The molecule has 1 saturated carbocycles. The molecule has 106 valence electrons. The molecule has 0 atom stereocenters. The fraction of sp³-hybridized carbons (Fsp3) is 0.583. The number of sulfonamides is 1. The number of hydrogen-bond donors (Lipinski definition) is 3. The maximum atomic E-state index is 12.2. The minimum absolute atomic E-state index is 0.0145. The maximum Gasteiger partial charge on any atom is 0.339 e. The standard InChI is InChI=1S/C12H18N2O4S/c1-8-11(12(15)16)10(7-13-8)14-19(17,18)9-5-3-2-4-6-9/h7,9,13-14H,2-6H2,1H3,(H,15,16). The van der Waals surface area contributed by atoms with E-state index in [1.807, 2.05) is 0 Å². The second-order valence-corrected chi connectivity index (χ2v) is 6.88. The molecule has 6 nitrogen and oxygen atoms in total. The van der Waals surface area contributed by atoms with Crippen LogP contribution in [0, 0.1) is 6.92 Å². The number of nitrogens with one attached hydrogen (secondary N) is 2. The van der Waals surface area contributed by atoms with E-state index in [-0.39, 0.29) is 11.3 Å². The Bertz CT molecular complexity index is 571. The van der Waals surface area contributed by atoms with Gasteiger partial charge in [-0.05, 0) is 19.8 Å². The monoisotopic (exact) mass is 286 g/mol. The number of H-pyrrole nitrogens is 1. The SMILES string of the molecule is Cc1[nH]cc(NS(=O)(=O)C2CCCCC2)c1C(=O)O. The Kier molecular flexibility index (Phi) is 3.84. The largest absolute Gasteiger partial charge is 0.478 e. The molecule has 3 N–H and O–H groups in total. The Labute approximate surface area is 112 Å². The van der Waals surface area contributed by atoms with Crippen LogP contribution in [0.4, 0.5) is 5.69 Å². The number of carboxylic acid groups (broad SMARTS) is 1. The van der Waals surface area contributed by atoms with Gasteiger partial charge in [0.1, 0.15) is 5.56 Å². The number of rotatable bonds is 4. The molecule has 0 aliphatic heterocycles. The smallest absolute Gasteiger partial charge is 0.339 e. The highest BCUT2D eigenvalue weighted by molar-refractivity contribution is 7.93. The summed E-state index contributed by atoms with van der Waals surface area (Å²) in [5.74, 6) is -1.14. The molecule has 1 aliphatic carbocycles. The molecule has 1 fully saturated rings. The number of carbonyl (C=O) groups is 1. The van der Waals surface area contributed by atoms with Crippen molar-refractivity contribution in [3.63, 3.8) is 0 Å². The van der Waals surface area contributed by atoms with Gasteiger partial charge < -0.3 is 10.1 Å². The number of aryl methyl sites for hydroxylation is 1. The first-order chi connectivity index (χ1) is 8.92. The molecule has 19 heavy (non-hydrogen) atoms. The minimum atomic E-state index is -3.51. The quantitative estimate of drug-likeness (QED) is 0.789. The zero-order valence-corrected chi connectivity index (χ0v) is 11.6. The van der Waals surface area contributed by atoms with Gasteiger partial charge in [0.2, 0.25) is 10.0 Å². The molecule has 7 heteroatoms. The molecule has 0 spiro atoms. The summed E-state index contributed by atoms with van der Waals surface area (Å²) in [7, 11) is -3.51. The van der Waals surface area contributed by atoms with E-state index >= 15 is 0 Å². The Balaban J connectivity index is 2.23. The summed E-state index contributed by atoms with van der Waals surface area (Å²) in [6.07, 6.45) is 5.55. The summed E-state index contributed by atoms with van der Waals surface area (Å²) < 4.78 is 26.9. The predicted octanol–water partition coefficient (Wildman–Crippen LogP) is 2.10. The third-order valence-electron chi connectivity index (χ3n) is 3.53. The molecule has 0 unspecified atom stereocenters. The van der Waals surface area contributed by atoms with Crippen LogP contribution in [0.5, 0.6) is 0 Å². The lowest BCUT2D eigenvalue weighted by molar-refractivity contribution is 0.0697. The lowest BCUT2D eigenvalue weighted by Gasteiger charge is -2.22. The molecule has 0 bridgehead atoms. The Morgan fingerprint density at radius 2 is 2.00 bits per heavy atom. The van der Waals surface area contributed by atoms with Crippen molar-refractivity contribution in [1.82, 2.24) is 4.98 Å². The first kappa shape index (κ1) is 13.9. The van der Waals surface area contributed by atoms with Crippen LogP contribution in [0.3, 0.4) is 0 Å². The van der Waals surface area contributed by atoms with E-state index in [4.69, 9.17) is 5.11 Å². The Morgan fingerprint density at radius 1 is 1.37 bits per heavy atom. The molecule has 0 aromatic carbocycles. The van der Waals surface area contributed by atoms with Crippen LogP contribution in [0.25, 0.3) is 0 Å². The average molecular weight is 286 g/mol. The average Bonchev–Trinajstić information content (AvgIpc) is 2.71. The van der Waals surface area contributed by atoms with Crippen LogP contribution in [-0.2, 0) is 10.0 Å². The van der Waals surface area contributed by atoms with E-state index in [0.29, 0.717) is 18.5 Å². The van der Waals surface area contributed by atoms with Crippen molar-refractivity contribution < 1.29 is 18.3 Å². The molecule has 1 heterocycles. The Morgan fingerprint density at radius 3 is 2.58 bits per heavy atom. The van der Waals surface area contributed by atoms with Crippen molar-refractivity contribution >= 4 is 21.7 Å². The van der Waals surface area contributed by atoms with Gasteiger partial charge in [-0.15, -0.1) is 0 Å². The number of carboxylic acids is 1. The lowest BCUT2D eigenvalue weighted by atomic mass is 10.0. The van der Waals surface area contributed by atoms with Crippen LogP contribution in [-0.4, -0.2) is 29.7 Å². The van der Waals surface area contributed by atoms with Crippen molar-refractivity contribution in [3.05, 3.63) is 17.5 Å². The summed E-state index contributed by atoms with van der Waals surface area (Å²) in [6.45, 7) is 1.60. The van der Waals surface area contributed by atoms with E-state index in [9.17, 15) is 13.2 Å². The fourth-order valence-corrected chi connectivity index (χ4v) is 4.08. The summed E-state index contributed by atoms with van der Waals surface area (Å²) >= 11 is 0. The van der Waals surface area contributed by atoms with Crippen molar-refractivity contribution in [1.29, 1.82) is 0 Å².